The first-order chi connectivity index (χ1) is 16.0. The van der Waals surface area contributed by atoms with Gasteiger partial charge in [-0.25, -0.2) is 8.42 Å². The molecule has 180 valence electrons. The van der Waals surface area contributed by atoms with E-state index in [9.17, 15) is 26.4 Å². The van der Waals surface area contributed by atoms with Crippen molar-refractivity contribution < 1.29 is 31.1 Å². The van der Waals surface area contributed by atoms with E-state index >= 15 is 0 Å². The van der Waals surface area contributed by atoms with E-state index in [1.807, 2.05) is 0 Å². The number of anilines is 1. The van der Waals surface area contributed by atoms with Crippen molar-refractivity contribution in [1.82, 2.24) is 10.3 Å². The Morgan fingerprint density at radius 3 is 2.32 bits per heavy atom. The van der Waals surface area contributed by atoms with Crippen molar-refractivity contribution in [3.63, 3.8) is 0 Å². The minimum atomic E-state index is -4.75. The van der Waals surface area contributed by atoms with Gasteiger partial charge in [0.2, 0.25) is 5.91 Å². The number of pyridine rings is 1. The van der Waals surface area contributed by atoms with Gasteiger partial charge in [0.05, 0.1) is 28.3 Å². The number of halogens is 4. The summed E-state index contributed by atoms with van der Waals surface area (Å²) in [5, 5.41) is 2.28. The number of hydrogen-bond donors (Lipinski definition) is 1. The average molecular weight is 514 g/mol. The van der Waals surface area contributed by atoms with Crippen LogP contribution in [0.15, 0.2) is 71.9 Å². The van der Waals surface area contributed by atoms with Gasteiger partial charge in [-0.15, -0.1) is 0 Å². The lowest BCUT2D eigenvalue weighted by Crippen LogP contribution is -2.41. The quantitative estimate of drug-likeness (QED) is 0.486. The summed E-state index contributed by atoms with van der Waals surface area (Å²) < 4.78 is 72.4. The first-order valence-corrected chi connectivity index (χ1v) is 11.5. The van der Waals surface area contributed by atoms with E-state index in [1.165, 1.54) is 43.8 Å². The highest BCUT2D eigenvalue weighted by Gasteiger charge is 2.34. The number of carbonyl (C=O) groups excluding carboxylic acids is 1. The largest absolute Gasteiger partial charge is 0.497 e. The van der Waals surface area contributed by atoms with E-state index in [0.29, 0.717) is 21.7 Å². The molecule has 34 heavy (non-hydrogen) atoms. The molecule has 0 unspecified atom stereocenters. The molecule has 1 amide bonds. The molecule has 0 atom stereocenters. The summed E-state index contributed by atoms with van der Waals surface area (Å²) in [4.78, 5) is 16.3. The van der Waals surface area contributed by atoms with Gasteiger partial charge in [-0.05, 0) is 60.2 Å². The van der Waals surface area contributed by atoms with Crippen LogP contribution in [0.1, 0.15) is 11.1 Å². The van der Waals surface area contributed by atoms with Crippen molar-refractivity contribution >= 4 is 33.2 Å². The number of sulfonamides is 1. The first-order valence-electron chi connectivity index (χ1n) is 9.71. The van der Waals surface area contributed by atoms with Crippen LogP contribution in [0, 0.1) is 0 Å². The fourth-order valence-corrected chi connectivity index (χ4v) is 4.64. The highest BCUT2D eigenvalue weighted by atomic mass is 35.5. The van der Waals surface area contributed by atoms with E-state index in [0.717, 1.165) is 12.1 Å². The van der Waals surface area contributed by atoms with Gasteiger partial charge in [-0.1, -0.05) is 11.6 Å². The average Bonchev–Trinajstić information content (AvgIpc) is 2.81. The van der Waals surface area contributed by atoms with Gasteiger partial charge in [-0.2, -0.15) is 13.2 Å². The number of carbonyl (C=O) groups is 1. The fraction of sp³-hybridized carbons (Fsp3) is 0.182. The zero-order valence-electron chi connectivity index (χ0n) is 17.7. The molecule has 0 fully saturated rings. The number of benzene rings is 2. The number of nitrogens with one attached hydrogen (secondary N) is 1. The van der Waals surface area contributed by atoms with Crippen LogP contribution in [0.5, 0.6) is 5.75 Å². The van der Waals surface area contributed by atoms with E-state index in [1.54, 1.807) is 12.1 Å². The lowest BCUT2D eigenvalue weighted by atomic mass is 10.2. The molecule has 3 aromatic rings. The minimum Gasteiger partial charge on any atom is -0.497 e. The molecule has 0 saturated heterocycles. The number of amides is 1. The summed E-state index contributed by atoms with van der Waals surface area (Å²) >= 11 is 6.11. The molecule has 1 heterocycles. The second-order valence-corrected chi connectivity index (χ2v) is 9.25. The molecule has 0 aliphatic carbocycles. The smallest absolute Gasteiger partial charge is 0.416 e. The molecule has 0 bridgehead atoms. The molecular formula is C22H19ClF3N3O4S. The third-order valence-electron chi connectivity index (χ3n) is 4.72. The van der Waals surface area contributed by atoms with Crippen molar-refractivity contribution in [3.05, 3.63) is 83.1 Å². The number of hydrogen-bond acceptors (Lipinski definition) is 5. The zero-order valence-corrected chi connectivity index (χ0v) is 19.3. The number of alkyl halides is 3. The molecule has 1 N–H and O–H groups in total. The molecule has 7 nitrogen and oxygen atoms in total. The Morgan fingerprint density at radius 1 is 1.09 bits per heavy atom. The van der Waals surface area contributed by atoms with Crippen LogP contribution in [-0.4, -0.2) is 33.0 Å². The molecule has 0 aliphatic heterocycles. The Hall–Kier alpha value is -3.31. The standard InChI is InChI=1S/C22H19ClF3N3O4S/c1-33-17-3-5-18(6-4-17)34(31,32)29(14-21(30)28-13-15-8-10-27-11-9-15)20-12-16(22(24,25)26)2-7-19(20)23/h2-12H,13-14H2,1H3,(H,28,30). The van der Waals surface area contributed by atoms with E-state index in [4.69, 9.17) is 16.3 Å². The maximum absolute atomic E-state index is 13.4. The lowest BCUT2D eigenvalue weighted by molar-refractivity contribution is -0.137. The lowest BCUT2D eigenvalue weighted by Gasteiger charge is -2.26. The molecule has 0 saturated carbocycles. The number of rotatable bonds is 8. The predicted molar refractivity (Wildman–Crippen MR) is 120 cm³/mol. The van der Waals surface area contributed by atoms with E-state index < -0.39 is 39.9 Å². The Labute approximate surface area is 199 Å². The maximum atomic E-state index is 13.4. The summed E-state index contributed by atoms with van der Waals surface area (Å²) in [6.45, 7) is -0.741. The first kappa shape index (κ1) is 25.3. The number of aromatic nitrogens is 1. The Kier molecular flexibility index (Phi) is 7.68. The summed E-state index contributed by atoms with van der Waals surface area (Å²) in [7, 11) is -3.09. The molecule has 0 radical (unpaired) electrons. The Bertz CT molecular complexity index is 1250. The minimum absolute atomic E-state index is 0.0636. The third kappa shape index (κ3) is 5.97. The van der Waals surface area contributed by atoms with Gasteiger partial charge in [-0.3, -0.25) is 14.1 Å². The normalized spacial score (nSPS) is 11.7. The molecule has 3 rings (SSSR count). The molecule has 0 aliphatic rings. The monoisotopic (exact) mass is 513 g/mol. The van der Waals surface area contributed by atoms with Crippen LogP contribution in [0.3, 0.4) is 0 Å². The number of nitrogens with zero attached hydrogens (tertiary/aromatic N) is 2. The summed E-state index contributed by atoms with van der Waals surface area (Å²) in [5.41, 5.74) is -0.893. The summed E-state index contributed by atoms with van der Waals surface area (Å²) in [6.07, 6.45) is -1.72. The maximum Gasteiger partial charge on any atom is 0.416 e. The highest BCUT2D eigenvalue weighted by molar-refractivity contribution is 7.92. The van der Waals surface area contributed by atoms with Gasteiger partial charge in [0, 0.05) is 18.9 Å². The Balaban J connectivity index is 2.00. The van der Waals surface area contributed by atoms with Crippen LogP contribution in [-0.2, 0) is 27.5 Å². The predicted octanol–water partition coefficient (Wildman–Crippen LogP) is 4.27. The van der Waals surface area contributed by atoms with E-state index in [2.05, 4.69) is 10.3 Å². The van der Waals surface area contributed by atoms with Gasteiger partial charge >= 0.3 is 6.18 Å². The highest BCUT2D eigenvalue weighted by Crippen LogP contribution is 2.37. The zero-order chi connectivity index (χ0) is 24.9. The third-order valence-corrected chi connectivity index (χ3v) is 6.81. The number of methoxy groups -OCH3 is 1. The molecule has 1 aromatic heterocycles. The molecular weight excluding hydrogens is 495 g/mol. The van der Waals surface area contributed by atoms with Crippen molar-refractivity contribution in [3.8, 4) is 5.75 Å². The van der Waals surface area contributed by atoms with Crippen molar-refractivity contribution in [2.24, 2.45) is 0 Å². The van der Waals surface area contributed by atoms with Crippen LogP contribution in [0.25, 0.3) is 0 Å². The van der Waals surface area contributed by atoms with Gasteiger partial charge in [0.15, 0.2) is 0 Å². The Morgan fingerprint density at radius 2 is 1.74 bits per heavy atom. The summed E-state index contributed by atoms with van der Waals surface area (Å²) in [5.74, 6) is -0.375. The topological polar surface area (TPSA) is 88.6 Å². The SMILES string of the molecule is COc1ccc(S(=O)(=O)N(CC(=O)NCc2ccncc2)c2cc(C(F)(F)F)ccc2Cl)cc1. The van der Waals surface area contributed by atoms with Gasteiger partial charge in [0.25, 0.3) is 10.0 Å². The van der Waals surface area contributed by atoms with Crippen LogP contribution < -0.4 is 14.4 Å². The van der Waals surface area contributed by atoms with Crippen molar-refractivity contribution in [2.45, 2.75) is 17.6 Å². The molecule has 12 heteroatoms. The van der Waals surface area contributed by atoms with Crippen molar-refractivity contribution in [2.75, 3.05) is 18.0 Å². The fourth-order valence-electron chi connectivity index (χ4n) is 2.94. The van der Waals surface area contributed by atoms with Crippen LogP contribution in [0.2, 0.25) is 5.02 Å². The summed E-state index contributed by atoms with van der Waals surface area (Å²) in [6, 6.07) is 10.8. The molecule has 2 aromatic carbocycles. The second-order valence-electron chi connectivity index (χ2n) is 6.98. The van der Waals surface area contributed by atoms with Gasteiger partial charge < -0.3 is 10.1 Å². The molecule has 0 spiro atoms. The van der Waals surface area contributed by atoms with Gasteiger partial charge in [0.1, 0.15) is 12.3 Å². The number of ether oxygens (including phenoxy) is 1. The van der Waals surface area contributed by atoms with Crippen LogP contribution in [0.4, 0.5) is 18.9 Å². The van der Waals surface area contributed by atoms with E-state index in [-0.39, 0.29) is 16.5 Å². The van der Waals surface area contributed by atoms with Crippen molar-refractivity contribution in [1.29, 1.82) is 0 Å². The second kappa shape index (κ2) is 10.3. The van der Waals surface area contributed by atoms with Crippen LogP contribution >= 0.6 is 11.6 Å².